The Hall–Kier alpha value is -1.35. The molecule has 1 aromatic carbocycles. The van der Waals surface area contributed by atoms with Gasteiger partial charge in [-0.3, -0.25) is 0 Å². The van der Waals surface area contributed by atoms with Crippen LogP contribution in [0.15, 0.2) is 22.6 Å². The maximum atomic E-state index is 9.34. The first kappa shape index (κ1) is 12.1. The standard InChI is InChI=1S/C14H19NO2/c1-9(2)12(8-16)6-11-4-5-14-13(7-11)15-10(3)17-14/h4-5,7,9,12,16H,6,8H2,1-3H3. The van der Waals surface area contributed by atoms with Gasteiger partial charge in [0, 0.05) is 13.5 Å². The molecule has 3 heteroatoms. The van der Waals surface area contributed by atoms with Gasteiger partial charge in [0.25, 0.3) is 0 Å². The normalized spacial score (nSPS) is 13.5. The van der Waals surface area contributed by atoms with E-state index in [0.29, 0.717) is 17.7 Å². The van der Waals surface area contributed by atoms with E-state index in [1.165, 1.54) is 5.56 Å². The third kappa shape index (κ3) is 2.67. The lowest BCUT2D eigenvalue weighted by Crippen LogP contribution is -2.16. The van der Waals surface area contributed by atoms with Crippen molar-refractivity contribution >= 4 is 11.1 Å². The van der Waals surface area contributed by atoms with E-state index in [4.69, 9.17) is 4.42 Å². The number of oxazole rings is 1. The van der Waals surface area contributed by atoms with Crippen LogP contribution in [-0.4, -0.2) is 16.7 Å². The van der Waals surface area contributed by atoms with Crippen LogP contribution in [-0.2, 0) is 6.42 Å². The van der Waals surface area contributed by atoms with E-state index >= 15 is 0 Å². The summed E-state index contributed by atoms with van der Waals surface area (Å²) in [6.45, 7) is 6.36. The van der Waals surface area contributed by atoms with E-state index in [0.717, 1.165) is 17.5 Å². The van der Waals surface area contributed by atoms with Gasteiger partial charge in [-0.25, -0.2) is 4.98 Å². The monoisotopic (exact) mass is 233 g/mol. The maximum Gasteiger partial charge on any atom is 0.192 e. The van der Waals surface area contributed by atoms with Gasteiger partial charge in [0.1, 0.15) is 5.52 Å². The molecular weight excluding hydrogens is 214 g/mol. The van der Waals surface area contributed by atoms with E-state index in [2.05, 4.69) is 31.0 Å². The van der Waals surface area contributed by atoms with Crippen molar-refractivity contribution in [2.75, 3.05) is 6.61 Å². The molecule has 1 heterocycles. The minimum Gasteiger partial charge on any atom is -0.441 e. The smallest absolute Gasteiger partial charge is 0.192 e. The average Bonchev–Trinajstić information content (AvgIpc) is 2.64. The first-order valence-corrected chi connectivity index (χ1v) is 6.07. The molecule has 3 nitrogen and oxygen atoms in total. The van der Waals surface area contributed by atoms with Crippen molar-refractivity contribution in [3.05, 3.63) is 29.7 Å². The number of nitrogens with zero attached hydrogens (tertiary/aromatic N) is 1. The van der Waals surface area contributed by atoms with Crippen molar-refractivity contribution in [3.8, 4) is 0 Å². The quantitative estimate of drug-likeness (QED) is 0.883. The number of hydrogen-bond acceptors (Lipinski definition) is 3. The van der Waals surface area contributed by atoms with E-state index in [9.17, 15) is 5.11 Å². The average molecular weight is 233 g/mol. The van der Waals surface area contributed by atoms with Crippen LogP contribution in [0.1, 0.15) is 25.3 Å². The van der Waals surface area contributed by atoms with Crippen LogP contribution in [0, 0.1) is 18.8 Å². The predicted molar refractivity (Wildman–Crippen MR) is 67.9 cm³/mol. The number of hydrogen-bond donors (Lipinski definition) is 1. The number of aliphatic hydroxyl groups is 1. The first-order valence-electron chi connectivity index (χ1n) is 6.07. The minimum atomic E-state index is 0.230. The molecule has 1 aromatic heterocycles. The number of fused-ring (bicyclic) bond motifs is 1. The van der Waals surface area contributed by atoms with Crippen molar-refractivity contribution in [1.82, 2.24) is 4.98 Å². The molecule has 0 spiro atoms. The Morgan fingerprint density at radius 1 is 1.35 bits per heavy atom. The van der Waals surface area contributed by atoms with Gasteiger partial charge >= 0.3 is 0 Å². The van der Waals surface area contributed by atoms with Crippen LogP contribution in [0.5, 0.6) is 0 Å². The summed E-state index contributed by atoms with van der Waals surface area (Å²) in [5.41, 5.74) is 2.94. The largest absolute Gasteiger partial charge is 0.441 e. The highest BCUT2D eigenvalue weighted by Crippen LogP contribution is 2.21. The lowest BCUT2D eigenvalue weighted by Gasteiger charge is -2.17. The summed E-state index contributed by atoms with van der Waals surface area (Å²) in [7, 11) is 0. The zero-order valence-electron chi connectivity index (χ0n) is 10.6. The lowest BCUT2D eigenvalue weighted by molar-refractivity contribution is 0.189. The van der Waals surface area contributed by atoms with Gasteiger partial charge in [-0.1, -0.05) is 19.9 Å². The summed E-state index contributed by atoms with van der Waals surface area (Å²) >= 11 is 0. The van der Waals surface area contributed by atoms with Gasteiger partial charge in [-0.05, 0) is 36.0 Å². The van der Waals surface area contributed by atoms with Crippen molar-refractivity contribution in [1.29, 1.82) is 0 Å². The van der Waals surface area contributed by atoms with Gasteiger partial charge in [-0.15, -0.1) is 0 Å². The van der Waals surface area contributed by atoms with E-state index < -0.39 is 0 Å². The topological polar surface area (TPSA) is 46.3 Å². The zero-order valence-corrected chi connectivity index (χ0v) is 10.6. The summed E-state index contributed by atoms with van der Waals surface area (Å²) < 4.78 is 5.44. The number of benzene rings is 1. The van der Waals surface area contributed by atoms with Crippen molar-refractivity contribution in [3.63, 3.8) is 0 Å². The van der Waals surface area contributed by atoms with Crippen molar-refractivity contribution in [2.24, 2.45) is 11.8 Å². The fourth-order valence-corrected chi connectivity index (χ4v) is 2.03. The summed E-state index contributed by atoms with van der Waals surface area (Å²) in [6.07, 6.45) is 0.885. The van der Waals surface area contributed by atoms with Crippen LogP contribution < -0.4 is 0 Å². The molecule has 1 N–H and O–H groups in total. The lowest BCUT2D eigenvalue weighted by atomic mass is 9.90. The van der Waals surface area contributed by atoms with Crippen LogP contribution >= 0.6 is 0 Å². The highest BCUT2D eigenvalue weighted by molar-refractivity contribution is 5.73. The van der Waals surface area contributed by atoms with Crippen molar-refractivity contribution < 1.29 is 9.52 Å². The summed E-state index contributed by atoms with van der Waals surface area (Å²) in [5, 5.41) is 9.34. The highest BCUT2D eigenvalue weighted by Gasteiger charge is 2.13. The fourth-order valence-electron chi connectivity index (χ4n) is 2.03. The Balaban J connectivity index is 2.23. The Labute approximate surface area is 101 Å². The van der Waals surface area contributed by atoms with Gasteiger partial charge in [0.2, 0.25) is 0 Å². The molecule has 0 amide bonds. The minimum absolute atomic E-state index is 0.230. The molecule has 1 atom stereocenters. The Morgan fingerprint density at radius 3 is 2.76 bits per heavy atom. The summed E-state index contributed by atoms with van der Waals surface area (Å²) in [5.74, 6) is 1.48. The van der Waals surface area contributed by atoms with Crippen LogP contribution in [0.2, 0.25) is 0 Å². The number of aliphatic hydroxyl groups excluding tert-OH is 1. The Bertz CT molecular complexity index is 502. The van der Waals surface area contributed by atoms with Gasteiger partial charge < -0.3 is 9.52 Å². The van der Waals surface area contributed by atoms with Gasteiger partial charge in [0.05, 0.1) is 0 Å². The van der Waals surface area contributed by atoms with Gasteiger partial charge in [0.15, 0.2) is 11.5 Å². The summed E-state index contributed by atoms with van der Waals surface area (Å²) in [6, 6.07) is 6.06. The molecule has 2 rings (SSSR count). The van der Waals surface area contributed by atoms with Crippen LogP contribution in [0.3, 0.4) is 0 Å². The predicted octanol–water partition coefficient (Wildman–Crippen LogP) is 2.94. The Kier molecular flexibility index (Phi) is 3.48. The molecule has 0 fully saturated rings. The Morgan fingerprint density at radius 2 is 2.12 bits per heavy atom. The number of aryl methyl sites for hydroxylation is 1. The molecule has 1 unspecified atom stereocenters. The van der Waals surface area contributed by atoms with Crippen LogP contribution in [0.25, 0.3) is 11.1 Å². The van der Waals surface area contributed by atoms with E-state index in [1.54, 1.807) is 0 Å². The van der Waals surface area contributed by atoms with E-state index in [-0.39, 0.29) is 6.61 Å². The molecule has 0 bridgehead atoms. The molecular formula is C14H19NO2. The molecule has 92 valence electrons. The third-order valence-corrected chi connectivity index (χ3v) is 3.23. The molecule has 0 radical (unpaired) electrons. The third-order valence-electron chi connectivity index (χ3n) is 3.23. The molecule has 17 heavy (non-hydrogen) atoms. The van der Waals surface area contributed by atoms with Crippen LogP contribution in [0.4, 0.5) is 0 Å². The molecule has 0 saturated carbocycles. The second-order valence-corrected chi connectivity index (χ2v) is 4.93. The fraction of sp³-hybridized carbons (Fsp3) is 0.500. The number of rotatable bonds is 4. The van der Waals surface area contributed by atoms with E-state index in [1.807, 2.05) is 13.0 Å². The maximum absolute atomic E-state index is 9.34. The highest BCUT2D eigenvalue weighted by atomic mass is 16.3. The van der Waals surface area contributed by atoms with Crippen molar-refractivity contribution in [2.45, 2.75) is 27.2 Å². The number of aromatic nitrogens is 1. The second-order valence-electron chi connectivity index (χ2n) is 4.93. The van der Waals surface area contributed by atoms with Gasteiger partial charge in [-0.2, -0.15) is 0 Å². The molecule has 2 aromatic rings. The second kappa shape index (κ2) is 4.88. The summed E-state index contributed by atoms with van der Waals surface area (Å²) in [4.78, 5) is 4.32. The molecule has 0 aliphatic rings. The SMILES string of the molecule is Cc1nc2cc(CC(CO)C(C)C)ccc2o1. The molecule has 0 aliphatic heterocycles. The first-order chi connectivity index (χ1) is 8.10. The zero-order chi connectivity index (χ0) is 12.4. The molecule has 0 saturated heterocycles. The molecule has 0 aliphatic carbocycles.